The number of ketones is 3. The number of aliphatic hydroxyl groups excluding tert-OH is 2. The number of carbonyl (C=O) groups is 10. The van der Waals surface area contributed by atoms with Gasteiger partial charge in [-0.3, -0.25) is 28.8 Å². The zero-order valence-electron chi connectivity index (χ0n) is 60.2. The van der Waals surface area contributed by atoms with Crippen LogP contribution < -0.4 is 91.0 Å². The molecule has 0 aromatic heterocycles. The van der Waals surface area contributed by atoms with E-state index in [-0.39, 0.29) is 146 Å². The Balaban J connectivity index is 0.000000331. The van der Waals surface area contributed by atoms with E-state index >= 15 is 0 Å². The van der Waals surface area contributed by atoms with Gasteiger partial charge in [-0.15, -0.1) is 0 Å². The summed E-state index contributed by atoms with van der Waals surface area (Å²) in [6.45, 7) is 5.07. The number of alkyl carbamates (subject to hydrolysis) is 3. The van der Waals surface area contributed by atoms with Gasteiger partial charge in [0.2, 0.25) is 17.7 Å². The normalized spacial score (nSPS) is 19.8. The second kappa shape index (κ2) is 47.1. The number of Topliss-reactive ketones (excluding diaryl/α,β-unsaturated/α-hetero) is 3. The molecule has 570 valence electrons. The summed E-state index contributed by atoms with van der Waals surface area (Å²) in [7, 11) is -10.2. The van der Waals surface area contributed by atoms with E-state index in [1.54, 1.807) is 72.8 Å². The zero-order chi connectivity index (χ0) is 75.2. The fraction of sp³-hybridized carbons (Fsp3) is 0.611. The summed E-state index contributed by atoms with van der Waals surface area (Å²) < 4.78 is 84.9. The van der Waals surface area contributed by atoms with Crippen LogP contribution in [0.2, 0.25) is 10.0 Å². The summed E-state index contributed by atoms with van der Waals surface area (Å²) in [4.78, 5) is 124. The van der Waals surface area contributed by atoms with Crippen molar-refractivity contribution in [2.75, 3.05) is 19.6 Å². The Morgan fingerprint density at radius 2 is 0.857 bits per heavy atom. The molecule has 2 saturated carbocycles. The Hall–Kier alpha value is -5.12. The van der Waals surface area contributed by atoms with Crippen LogP contribution in [0.3, 0.4) is 0 Å². The van der Waals surface area contributed by atoms with Gasteiger partial charge in [0.1, 0.15) is 57.2 Å². The number of nitrogens with one attached hydrogen (secondary N) is 6. The van der Waals surface area contributed by atoms with Crippen molar-refractivity contribution in [2.45, 2.75) is 204 Å². The van der Waals surface area contributed by atoms with Crippen molar-refractivity contribution in [2.24, 2.45) is 53.3 Å². The van der Waals surface area contributed by atoms with Crippen LogP contribution in [0.5, 0.6) is 0 Å². The molecule has 3 aromatic carbocycles. The first-order chi connectivity index (χ1) is 48.9. The third-order valence-corrected chi connectivity index (χ3v) is 21.7. The molecule has 6 amide bonds. The number of carbonyl (C=O) groups excluding carboxylic acids is 10. The van der Waals surface area contributed by atoms with Crippen LogP contribution in [-0.2, 0) is 87.8 Å². The summed E-state index contributed by atoms with van der Waals surface area (Å²) in [5.74, 6) is -5.93. The van der Waals surface area contributed by atoms with Gasteiger partial charge in [0.05, 0.1) is 18.1 Å². The van der Waals surface area contributed by atoms with Crippen molar-refractivity contribution >= 4 is 103 Å². The molecule has 33 heteroatoms. The van der Waals surface area contributed by atoms with Gasteiger partial charge in [-0.2, -0.15) is 0 Å². The molecule has 3 heterocycles. The summed E-state index contributed by atoms with van der Waals surface area (Å²) in [6, 6.07) is 20.1. The molecular formula is C72H98Cl2N6Na2O21S2. The van der Waals surface area contributed by atoms with E-state index in [1.165, 1.54) is 6.42 Å². The zero-order valence-corrected chi connectivity index (χ0v) is 67.3. The van der Waals surface area contributed by atoms with Crippen molar-refractivity contribution in [1.29, 1.82) is 0 Å². The average molecular weight is 1560 g/mol. The van der Waals surface area contributed by atoms with Gasteiger partial charge in [-0.05, 0) is 116 Å². The van der Waals surface area contributed by atoms with E-state index in [2.05, 4.69) is 31.9 Å². The van der Waals surface area contributed by atoms with Gasteiger partial charge < -0.3 is 70.2 Å². The van der Waals surface area contributed by atoms with Crippen LogP contribution in [-0.4, -0.2) is 144 Å². The van der Waals surface area contributed by atoms with Gasteiger partial charge in [0, 0.05) is 84.4 Å². The topological polar surface area (TPSA) is 425 Å². The maximum absolute atomic E-state index is 13.4. The maximum Gasteiger partial charge on any atom is 1.00 e. The van der Waals surface area contributed by atoms with Crippen molar-refractivity contribution in [3.05, 3.63) is 106 Å². The molecular weight excluding hydrogens is 1470 g/mol. The van der Waals surface area contributed by atoms with E-state index in [1.807, 2.05) is 19.9 Å². The summed E-state index contributed by atoms with van der Waals surface area (Å²) in [5, 5.41) is 37.2. The van der Waals surface area contributed by atoms with Crippen LogP contribution in [0.1, 0.15) is 172 Å². The van der Waals surface area contributed by atoms with Gasteiger partial charge in [0.15, 0.2) is 17.3 Å². The Labute approximate surface area is 669 Å². The van der Waals surface area contributed by atoms with Gasteiger partial charge in [-0.25, -0.2) is 31.2 Å². The number of rotatable bonds is 35. The molecule has 105 heavy (non-hydrogen) atoms. The van der Waals surface area contributed by atoms with Gasteiger partial charge >= 0.3 is 77.4 Å². The van der Waals surface area contributed by atoms with E-state index in [0.29, 0.717) is 79.7 Å². The van der Waals surface area contributed by atoms with E-state index < -0.39 is 122 Å². The molecule has 5 fully saturated rings. The second-order valence-electron chi connectivity index (χ2n) is 27.9. The minimum absolute atomic E-state index is 0. The second-order valence-corrected chi connectivity index (χ2v) is 31.7. The average Bonchev–Trinajstić information content (AvgIpc) is 1.73. The van der Waals surface area contributed by atoms with Crippen molar-refractivity contribution < 1.29 is 157 Å². The minimum atomic E-state index is -5.13. The molecule has 0 radical (unpaired) electrons. The van der Waals surface area contributed by atoms with Gasteiger partial charge in [0.25, 0.3) is 0 Å². The first-order valence-electron chi connectivity index (χ1n) is 35.4. The quantitative estimate of drug-likeness (QED) is 0.0181. The number of amides is 6. The summed E-state index contributed by atoms with van der Waals surface area (Å²) >= 11 is 11.9. The van der Waals surface area contributed by atoms with Crippen LogP contribution in [0.4, 0.5) is 14.4 Å². The molecule has 2 aliphatic carbocycles. The molecule has 5 aliphatic rings. The Bertz CT molecular complexity index is 3560. The molecule has 0 spiro atoms. The van der Waals surface area contributed by atoms with Crippen molar-refractivity contribution in [1.82, 2.24) is 31.9 Å². The van der Waals surface area contributed by atoms with Gasteiger partial charge in [-0.1, -0.05) is 156 Å². The molecule has 2 unspecified atom stereocenters. The standard InChI is InChI=1S/C25H35ClN2O8S.C25H33ClN2O5.C22H32N2O8S.2Na/c26-20-8-4-7-17(11-20)15-36-25(32)28-21(12-16-5-2-1-3-6-16)22(29)14-19(24(31)37(33,34)35)13-18-9-10-27-23(18)30;26-21-8-4-7-18(12-21)16-33-25(32)28-22(13-17-5-2-1-3-6-17)23(30)14-19(15-29)11-20-9-10-27-24(20)31;1-14(2)10-18(24-22(28)32-13-15-6-4-3-5-7-15)19(25)12-17(21(27)33(29,30)31)11-16-8-9-23-20(16)26;;/h4,7-8,11,16,18-19,21,24,31H,1-3,5-6,9-10,12-15H2,(H,27,30)(H,28,32)(H,33,34,35);4,7-8,12,15,17,19-20,22H,1-3,5-6,9-11,13-14,16H2,(H,27,31)(H,28,32);3-7,14,16-18,21,27H,8-13H2,1-2H3,(H,23,26)(H,24,28)(H,29,30,31);;/q;;;2*+1/p-2/t18-,19+,21-,24?;19-,20+,22+;16-,17+,18-,21?;;/m010../s1. The maximum atomic E-state index is 13.4. The van der Waals surface area contributed by atoms with Crippen molar-refractivity contribution in [3.63, 3.8) is 0 Å². The molecule has 8 rings (SSSR count). The SMILES string of the molecule is CC(C)C[C@H](NC(=O)OCc1ccccc1)C(=O)C[C@@H](C[C@@H]1CCNC1=O)C(O)S(=O)(=O)[O-].O=C(N[C@@H](CC1CCCCC1)C(=O)C[C@@H](C[C@@H]1CCNC1=O)C(O)S(=O)(=O)[O-])OCc1cccc(Cl)c1.O=C[C@@H](CC(=O)[C@H](CC1CCCCC1)NC(=O)OCc1cccc(Cl)c1)C[C@@H]1CCNC1=O.[Na+].[Na+]. The Kier molecular flexibility index (Phi) is 41.4. The summed E-state index contributed by atoms with van der Waals surface area (Å²) in [6.07, 6.45) is 10.7. The first-order valence-corrected chi connectivity index (χ1v) is 39.1. The molecule has 3 aliphatic heterocycles. The molecule has 0 bridgehead atoms. The molecule has 3 saturated heterocycles. The molecule has 11 atom stereocenters. The summed E-state index contributed by atoms with van der Waals surface area (Å²) in [5.41, 5.74) is -2.49. The Morgan fingerprint density at radius 1 is 0.505 bits per heavy atom. The first kappa shape index (κ1) is 92.3. The van der Waals surface area contributed by atoms with Crippen LogP contribution in [0.25, 0.3) is 0 Å². The van der Waals surface area contributed by atoms with Crippen molar-refractivity contribution in [3.8, 4) is 0 Å². The van der Waals surface area contributed by atoms with Crippen LogP contribution >= 0.6 is 23.2 Å². The van der Waals surface area contributed by atoms with E-state index in [0.717, 1.165) is 75.2 Å². The van der Waals surface area contributed by atoms with E-state index in [9.17, 15) is 84.1 Å². The molecule has 8 N–H and O–H groups in total. The fourth-order valence-corrected chi connectivity index (χ4v) is 15.6. The fourth-order valence-electron chi connectivity index (χ4n) is 13.8. The number of ether oxygens (including phenoxy) is 3. The molecule has 3 aromatic rings. The molecule has 27 nitrogen and oxygen atoms in total. The predicted octanol–water partition coefficient (Wildman–Crippen LogP) is 2.38. The number of aldehydes is 1. The van der Waals surface area contributed by atoms with E-state index in [4.69, 9.17) is 37.4 Å². The number of halogens is 2. The van der Waals surface area contributed by atoms with Crippen LogP contribution in [0, 0.1) is 53.3 Å². The third-order valence-electron chi connectivity index (χ3n) is 19.3. The third kappa shape index (κ3) is 33.7. The largest absolute Gasteiger partial charge is 1.00 e. The number of hydrogen-bond acceptors (Lipinski definition) is 21. The van der Waals surface area contributed by atoms with Crippen LogP contribution in [0.15, 0.2) is 78.9 Å². The number of benzene rings is 3. The smallest absolute Gasteiger partial charge is 0.746 e. The number of hydrogen-bond donors (Lipinski definition) is 8. The number of aliphatic hydroxyl groups is 2. The predicted molar refractivity (Wildman–Crippen MR) is 377 cm³/mol. The monoisotopic (exact) mass is 1560 g/mol. The minimum Gasteiger partial charge on any atom is -0.746 e. The Morgan fingerprint density at radius 3 is 1.21 bits per heavy atom.